The van der Waals surface area contributed by atoms with E-state index in [1.54, 1.807) is 35.2 Å². The van der Waals surface area contributed by atoms with E-state index >= 15 is 0 Å². The molecule has 12 heteroatoms. The van der Waals surface area contributed by atoms with Gasteiger partial charge in [-0.25, -0.2) is 9.79 Å². The second kappa shape index (κ2) is 16.2. The summed E-state index contributed by atoms with van der Waals surface area (Å²) in [5.74, 6) is -0.510. The fourth-order valence-electron chi connectivity index (χ4n) is 7.22. The molecule has 2 heterocycles. The van der Waals surface area contributed by atoms with E-state index in [-0.39, 0.29) is 24.1 Å². The third-order valence-electron chi connectivity index (χ3n) is 9.99. The average molecular weight is 726 g/mol. The van der Waals surface area contributed by atoms with Crippen LogP contribution in [-0.4, -0.2) is 60.3 Å². The molecule has 3 aliphatic rings. The van der Waals surface area contributed by atoms with Crippen LogP contribution in [0, 0.1) is 0 Å². The molecule has 12 nitrogen and oxygen atoms in total. The number of hydrogen-bond acceptors (Lipinski definition) is 8. The number of allylic oxidation sites excluding steroid dienone is 1. The van der Waals surface area contributed by atoms with E-state index in [1.807, 2.05) is 42.5 Å². The van der Waals surface area contributed by atoms with Crippen LogP contribution in [0.15, 0.2) is 108 Å². The zero-order chi connectivity index (χ0) is 37.6. The number of unbranched alkanes of at least 4 members (excludes halogenated alkanes) is 2. The Hall–Kier alpha value is -6.27. The molecular formula is C42H43N7O5. The number of amidine groups is 1. The van der Waals surface area contributed by atoms with E-state index in [2.05, 4.69) is 40.2 Å². The summed E-state index contributed by atoms with van der Waals surface area (Å²) in [6.07, 6.45) is 3.64. The Balaban J connectivity index is 0.944. The van der Waals surface area contributed by atoms with Gasteiger partial charge in [-0.15, -0.1) is 0 Å². The van der Waals surface area contributed by atoms with Crippen molar-refractivity contribution in [1.29, 1.82) is 0 Å². The van der Waals surface area contributed by atoms with Crippen molar-refractivity contribution < 1.29 is 23.9 Å². The van der Waals surface area contributed by atoms with Gasteiger partial charge in [-0.05, 0) is 90.7 Å². The van der Waals surface area contributed by atoms with E-state index in [1.165, 1.54) is 0 Å². The predicted octanol–water partition coefficient (Wildman–Crippen LogP) is 5.45. The van der Waals surface area contributed by atoms with Gasteiger partial charge in [0.05, 0.1) is 23.5 Å². The first-order valence-electron chi connectivity index (χ1n) is 18.3. The van der Waals surface area contributed by atoms with E-state index in [9.17, 15) is 19.2 Å². The highest BCUT2D eigenvalue weighted by molar-refractivity contribution is 6.24. The van der Waals surface area contributed by atoms with Gasteiger partial charge >= 0.3 is 6.09 Å². The van der Waals surface area contributed by atoms with Gasteiger partial charge in [-0.1, -0.05) is 72.8 Å². The van der Waals surface area contributed by atoms with Crippen molar-refractivity contribution in [3.05, 3.63) is 131 Å². The van der Waals surface area contributed by atoms with Gasteiger partial charge in [0.1, 0.15) is 18.5 Å². The largest absolute Gasteiger partial charge is 0.449 e. The molecule has 0 saturated heterocycles. The molecule has 0 radical (unpaired) electrons. The molecule has 0 unspecified atom stereocenters. The maximum atomic E-state index is 13.7. The minimum atomic E-state index is -0.913. The molecule has 4 aromatic carbocycles. The lowest BCUT2D eigenvalue weighted by atomic mass is 9.98. The number of anilines is 1. The van der Waals surface area contributed by atoms with Crippen molar-refractivity contribution in [3.8, 4) is 11.1 Å². The minimum absolute atomic E-state index is 0.0110. The predicted molar refractivity (Wildman–Crippen MR) is 207 cm³/mol. The summed E-state index contributed by atoms with van der Waals surface area (Å²) in [6, 6.07) is 28.1. The number of carbonyl (C=O) groups is 4. The fourth-order valence-corrected chi connectivity index (χ4v) is 7.22. The number of nitrogens with two attached hydrogens (primary N) is 2. The molecule has 0 fully saturated rings. The van der Waals surface area contributed by atoms with Crippen molar-refractivity contribution in [2.75, 3.05) is 25.0 Å². The fraction of sp³-hybridized carbons (Fsp3) is 0.262. The molecule has 0 bridgehead atoms. The number of rotatable bonds is 14. The van der Waals surface area contributed by atoms with E-state index < -0.39 is 23.9 Å². The number of alkyl carbamates (subject to hydrolysis) is 1. The number of amides is 4. The van der Waals surface area contributed by atoms with Gasteiger partial charge in [-0.3, -0.25) is 19.3 Å². The molecule has 54 heavy (non-hydrogen) atoms. The molecule has 0 spiro atoms. The summed E-state index contributed by atoms with van der Waals surface area (Å²) >= 11 is 0. The number of ether oxygens (including phenoxy) is 1. The zero-order valence-electron chi connectivity index (χ0n) is 29.8. The first kappa shape index (κ1) is 36.1. The molecule has 4 aromatic rings. The maximum Gasteiger partial charge on any atom is 0.407 e. The van der Waals surface area contributed by atoms with Gasteiger partial charge in [0.15, 0.2) is 0 Å². The number of nitrogens with one attached hydrogen (secondary N) is 3. The number of benzene rings is 4. The summed E-state index contributed by atoms with van der Waals surface area (Å²) in [5, 5.41) is 8.51. The first-order chi connectivity index (χ1) is 26.3. The minimum Gasteiger partial charge on any atom is -0.449 e. The Labute approximate surface area is 313 Å². The number of fused-ring (bicyclic) bond motifs is 7. The third kappa shape index (κ3) is 7.60. The van der Waals surface area contributed by atoms with Crippen LogP contribution in [0.1, 0.15) is 70.6 Å². The lowest BCUT2D eigenvalue weighted by Gasteiger charge is -2.24. The Bertz CT molecular complexity index is 2120. The van der Waals surface area contributed by atoms with Gasteiger partial charge in [0.2, 0.25) is 5.91 Å². The topological polar surface area (TPSA) is 181 Å². The summed E-state index contributed by atoms with van der Waals surface area (Å²) in [6.45, 7) is 1.32. The molecule has 2 aliphatic heterocycles. The van der Waals surface area contributed by atoms with Crippen molar-refractivity contribution in [2.45, 2.75) is 50.6 Å². The molecule has 7 rings (SSSR count). The second-order valence-corrected chi connectivity index (χ2v) is 13.6. The number of carbonyl (C=O) groups excluding carboxylic acids is 4. The van der Waals surface area contributed by atoms with Crippen LogP contribution in [0.25, 0.3) is 11.1 Å². The molecule has 276 valence electrons. The Morgan fingerprint density at radius 2 is 1.57 bits per heavy atom. The quantitative estimate of drug-likeness (QED) is 0.0847. The SMILES string of the molecule is NCCC/C=C(/N)C(=O)N[C@@H](CCCCNC(=O)OCC1c2ccccc2-c2ccccc21)C(=O)Nc1ccc2c(c1)CN1C(=O)c3ccccc3C1=N2. The summed E-state index contributed by atoms with van der Waals surface area (Å²) in [5.41, 5.74) is 19.6. The van der Waals surface area contributed by atoms with Crippen LogP contribution in [0.2, 0.25) is 0 Å². The van der Waals surface area contributed by atoms with Crippen LogP contribution in [0.4, 0.5) is 16.2 Å². The van der Waals surface area contributed by atoms with E-state index in [0.29, 0.717) is 74.5 Å². The standard InChI is InChI=1S/C42H43N7O5/c43-21-9-7-17-35(44)39(50)48-37(18-8-10-22-45-42(53)54-25-34-30-13-3-1-11-28(30)29-12-2-4-14-31(29)34)40(51)46-27-19-20-36-26(23-27)24-49-38(47-36)32-15-5-6-16-33(32)41(49)52/h1-6,11-17,19-20,23,34,37H,7-10,18,21-22,24-25,43-44H2,(H,45,53)(H,46,51)(H,48,50)/b35-17+/t37-/m0/s1. The van der Waals surface area contributed by atoms with Crippen molar-refractivity contribution in [1.82, 2.24) is 15.5 Å². The summed E-state index contributed by atoms with van der Waals surface area (Å²) in [4.78, 5) is 58.8. The van der Waals surface area contributed by atoms with Crippen LogP contribution < -0.4 is 27.4 Å². The monoisotopic (exact) mass is 725 g/mol. The highest BCUT2D eigenvalue weighted by atomic mass is 16.5. The van der Waals surface area contributed by atoms with Crippen molar-refractivity contribution in [3.63, 3.8) is 0 Å². The molecule has 0 saturated carbocycles. The number of aliphatic imine (C=N–C) groups is 1. The first-order valence-corrected chi connectivity index (χ1v) is 18.3. The van der Waals surface area contributed by atoms with Crippen LogP contribution in [-0.2, 0) is 20.9 Å². The van der Waals surface area contributed by atoms with Crippen LogP contribution >= 0.6 is 0 Å². The number of nitrogens with zero attached hydrogens (tertiary/aromatic N) is 2. The molecule has 4 amide bonds. The smallest absolute Gasteiger partial charge is 0.407 e. The number of hydrogen-bond donors (Lipinski definition) is 5. The second-order valence-electron chi connectivity index (χ2n) is 13.6. The molecule has 1 aliphatic carbocycles. The van der Waals surface area contributed by atoms with E-state index in [0.717, 1.165) is 33.4 Å². The lowest BCUT2D eigenvalue weighted by molar-refractivity contribution is -0.124. The molecule has 0 aromatic heterocycles. The zero-order valence-corrected chi connectivity index (χ0v) is 29.8. The van der Waals surface area contributed by atoms with Gasteiger partial charge in [0.25, 0.3) is 11.8 Å². The Morgan fingerprint density at radius 3 is 2.30 bits per heavy atom. The Kier molecular flexibility index (Phi) is 10.8. The lowest BCUT2D eigenvalue weighted by Crippen LogP contribution is -2.45. The highest BCUT2D eigenvalue weighted by Crippen LogP contribution is 2.44. The third-order valence-corrected chi connectivity index (χ3v) is 9.99. The highest BCUT2D eigenvalue weighted by Gasteiger charge is 2.36. The van der Waals surface area contributed by atoms with E-state index in [4.69, 9.17) is 21.2 Å². The van der Waals surface area contributed by atoms with Crippen molar-refractivity contribution in [2.24, 2.45) is 16.5 Å². The van der Waals surface area contributed by atoms with Crippen LogP contribution in [0.5, 0.6) is 0 Å². The molecular weight excluding hydrogens is 683 g/mol. The summed E-state index contributed by atoms with van der Waals surface area (Å²) < 4.78 is 5.65. The maximum absolute atomic E-state index is 13.7. The van der Waals surface area contributed by atoms with Crippen molar-refractivity contribution >= 4 is 41.0 Å². The average Bonchev–Trinajstić information content (AvgIpc) is 3.66. The van der Waals surface area contributed by atoms with Gasteiger partial charge < -0.3 is 32.2 Å². The Morgan fingerprint density at radius 1 is 0.889 bits per heavy atom. The normalized spacial score (nSPS) is 14.5. The molecule has 1 atom stereocenters. The molecule has 7 N–H and O–H groups in total. The summed E-state index contributed by atoms with van der Waals surface area (Å²) in [7, 11) is 0. The van der Waals surface area contributed by atoms with Gasteiger partial charge in [0, 0.05) is 23.7 Å². The van der Waals surface area contributed by atoms with Crippen LogP contribution in [0.3, 0.4) is 0 Å². The van der Waals surface area contributed by atoms with Gasteiger partial charge in [-0.2, -0.15) is 0 Å².